The Labute approximate surface area is 115 Å². The van der Waals surface area contributed by atoms with Crippen LogP contribution in [0.5, 0.6) is 5.75 Å². The molecule has 19 heavy (non-hydrogen) atoms. The summed E-state index contributed by atoms with van der Waals surface area (Å²) in [5.41, 5.74) is 2.13. The van der Waals surface area contributed by atoms with E-state index in [-0.39, 0.29) is 6.61 Å². The largest absolute Gasteiger partial charge is 0.490 e. The van der Waals surface area contributed by atoms with E-state index in [2.05, 4.69) is 6.07 Å². The number of hydrogen-bond acceptors (Lipinski definition) is 4. The Morgan fingerprint density at radius 3 is 2.53 bits per heavy atom. The van der Waals surface area contributed by atoms with Gasteiger partial charge in [0.1, 0.15) is 18.5 Å². The molecule has 0 radical (unpaired) electrons. The van der Waals surface area contributed by atoms with E-state index in [9.17, 15) is 5.11 Å². The lowest BCUT2D eigenvalue weighted by molar-refractivity contribution is 0.0735. The fraction of sp³-hybridized carbons (Fsp3) is 0.533. The second kappa shape index (κ2) is 7.78. The molecule has 0 heterocycles. The van der Waals surface area contributed by atoms with E-state index < -0.39 is 6.10 Å². The van der Waals surface area contributed by atoms with Crippen LogP contribution in [0.25, 0.3) is 0 Å². The summed E-state index contributed by atoms with van der Waals surface area (Å²) in [7, 11) is 0. The third-order valence-corrected chi connectivity index (χ3v) is 3.04. The smallest absolute Gasteiger partial charge is 0.125 e. The molecule has 104 valence electrons. The van der Waals surface area contributed by atoms with Crippen molar-refractivity contribution >= 4 is 0 Å². The summed E-state index contributed by atoms with van der Waals surface area (Å²) in [5.74, 6) is 0.838. The van der Waals surface area contributed by atoms with Crippen molar-refractivity contribution in [3.8, 4) is 11.8 Å². The molecular weight excluding hydrogens is 240 g/mol. The van der Waals surface area contributed by atoms with Gasteiger partial charge in [-0.15, -0.1) is 0 Å². The van der Waals surface area contributed by atoms with E-state index in [0.717, 1.165) is 23.4 Å². The highest BCUT2D eigenvalue weighted by molar-refractivity contribution is 5.39. The predicted molar refractivity (Wildman–Crippen MR) is 75.1 cm³/mol. The lowest BCUT2D eigenvalue weighted by atomic mass is 10.1. The maximum absolute atomic E-state index is 9.94. The average molecular weight is 262 g/mol. The van der Waals surface area contributed by atoms with Gasteiger partial charge in [-0.3, -0.25) is 4.90 Å². The van der Waals surface area contributed by atoms with Gasteiger partial charge in [-0.2, -0.15) is 5.26 Å². The first kappa shape index (κ1) is 15.5. The number of para-hydroxylation sites is 1. The highest BCUT2D eigenvalue weighted by Crippen LogP contribution is 2.22. The summed E-state index contributed by atoms with van der Waals surface area (Å²) in [5, 5.41) is 18.6. The molecule has 4 nitrogen and oxygen atoms in total. The Morgan fingerprint density at radius 2 is 2.00 bits per heavy atom. The molecule has 4 heteroatoms. The summed E-state index contributed by atoms with van der Waals surface area (Å²) in [6.45, 7) is 7.72. The Balaban J connectivity index is 2.50. The first-order chi connectivity index (χ1) is 9.08. The minimum Gasteiger partial charge on any atom is -0.490 e. The number of ether oxygens (including phenoxy) is 1. The van der Waals surface area contributed by atoms with E-state index in [0.29, 0.717) is 13.1 Å². The maximum Gasteiger partial charge on any atom is 0.125 e. The number of aryl methyl sites for hydroxylation is 2. The molecule has 0 fully saturated rings. The summed E-state index contributed by atoms with van der Waals surface area (Å²) < 4.78 is 5.69. The number of rotatable bonds is 7. The van der Waals surface area contributed by atoms with Crippen molar-refractivity contribution in [1.29, 1.82) is 5.26 Å². The van der Waals surface area contributed by atoms with Crippen LogP contribution in [0, 0.1) is 25.2 Å². The molecule has 1 unspecified atom stereocenters. The molecule has 0 aliphatic heterocycles. The van der Waals surface area contributed by atoms with Crippen molar-refractivity contribution in [2.45, 2.75) is 26.9 Å². The molecule has 1 atom stereocenters. The van der Waals surface area contributed by atoms with Crippen LogP contribution in [0.1, 0.15) is 18.1 Å². The van der Waals surface area contributed by atoms with Crippen molar-refractivity contribution < 1.29 is 9.84 Å². The standard InChI is InChI=1S/C15H22N2O2/c1-4-17(9-8-16)10-14(18)11-19-15-12(2)6-5-7-13(15)3/h5-7,14,18H,4,9-11H2,1-3H3. The summed E-state index contributed by atoms with van der Waals surface area (Å²) in [6.07, 6.45) is -0.590. The predicted octanol–water partition coefficient (Wildman–Crippen LogP) is 1.89. The number of aliphatic hydroxyl groups excluding tert-OH is 1. The number of benzene rings is 1. The molecule has 1 aromatic carbocycles. The second-order valence-electron chi connectivity index (χ2n) is 4.67. The monoisotopic (exact) mass is 262 g/mol. The second-order valence-corrected chi connectivity index (χ2v) is 4.67. The third-order valence-electron chi connectivity index (χ3n) is 3.04. The van der Waals surface area contributed by atoms with Gasteiger partial charge < -0.3 is 9.84 Å². The first-order valence-corrected chi connectivity index (χ1v) is 6.54. The Kier molecular flexibility index (Phi) is 6.34. The highest BCUT2D eigenvalue weighted by atomic mass is 16.5. The van der Waals surface area contributed by atoms with Crippen LogP contribution in [-0.2, 0) is 0 Å². The van der Waals surface area contributed by atoms with Crippen LogP contribution in [0.15, 0.2) is 18.2 Å². The fourth-order valence-electron chi connectivity index (χ4n) is 1.96. The van der Waals surface area contributed by atoms with Gasteiger partial charge in [-0.05, 0) is 31.5 Å². The molecule has 0 amide bonds. The van der Waals surface area contributed by atoms with E-state index in [4.69, 9.17) is 10.00 Å². The Hall–Kier alpha value is -1.57. The molecule has 0 spiro atoms. The van der Waals surface area contributed by atoms with Gasteiger partial charge in [0.25, 0.3) is 0 Å². The molecule has 0 aliphatic rings. The van der Waals surface area contributed by atoms with Crippen molar-refractivity contribution in [2.75, 3.05) is 26.2 Å². The number of nitriles is 1. The van der Waals surface area contributed by atoms with Crippen LogP contribution < -0.4 is 4.74 Å². The normalized spacial score (nSPS) is 12.2. The molecule has 0 aromatic heterocycles. The van der Waals surface area contributed by atoms with Gasteiger partial charge in [0.2, 0.25) is 0 Å². The average Bonchev–Trinajstić information content (AvgIpc) is 2.37. The van der Waals surface area contributed by atoms with Crippen molar-refractivity contribution in [3.63, 3.8) is 0 Å². The molecular formula is C15H22N2O2. The van der Waals surface area contributed by atoms with Crippen LogP contribution >= 0.6 is 0 Å². The van der Waals surface area contributed by atoms with Gasteiger partial charge in [-0.25, -0.2) is 0 Å². The Bertz CT molecular complexity index is 420. The number of likely N-dealkylation sites (N-methyl/N-ethyl adjacent to an activating group) is 1. The minimum absolute atomic E-state index is 0.244. The van der Waals surface area contributed by atoms with Gasteiger partial charge in [0.05, 0.1) is 12.6 Å². The van der Waals surface area contributed by atoms with Crippen molar-refractivity contribution in [2.24, 2.45) is 0 Å². The van der Waals surface area contributed by atoms with Crippen molar-refractivity contribution in [1.82, 2.24) is 4.90 Å². The van der Waals surface area contributed by atoms with E-state index >= 15 is 0 Å². The minimum atomic E-state index is -0.590. The van der Waals surface area contributed by atoms with Gasteiger partial charge in [0, 0.05) is 6.54 Å². The van der Waals surface area contributed by atoms with Crippen LogP contribution in [-0.4, -0.2) is 42.4 Å². The van der Waals surface area contributed by atoms with Gasteiger partial charge in [-0.1, -0.05) is 25.1 Å². The van der Waals surface area contributed by atoms with Gasteiger partial charge >= 0.3 is 0 Å². The molecule has 1 rings (SSSR count). The number of aliphatic hydroxyl groups is 1. The topological polar surface area (TPSA) is 56.5 Å². The lowest BCUT2D eigenvalue weighted by Gasteiger charge is -2.21. The molecule has 1 N–H and O–H groups in total. The van der Waals surface area contributed by atoms with E-state index in [1.54, 1.807) is 0 Å². The van der Waals surface area contributed by atoms with E-state index in [1.807, 2.05) is 43.9 Å². The lowest BCUT2D eigenvalue weighted by Crippen LogP contribution is -2.35. The van der Waals surface area contributed by atoms with Crippen LogP contribution in [0.3, 0.4) is 0 Å². The third kappa shape index (κ3) is 4.90. The zero-order valence-corrected chi connectivity index (χ0v) is 11.9. The van der Waals surface area contributed by atoms with Crippen molar-refractivity contribution in [3.05, 3.63) is 29.3 Å². The molecule has 0 aliphatic carbocycles. The zero-order valence-electron chi connectivity index (χ0n) is 11.9. The van der Waals surface area contributed by atoms with Crippen LogP contribution in [0.2, 0.25) is 0 Å². The molecule has 0 saturated heterocycles. The summed E-state index contributed by atoms with van der Waals surface area (Å²) in [6, 6.07) is 8.05. The quantitative estimate of drug-likeness (QED) is 0.762. The van der Waals surface area contributed by atoms with E-state index in [1.165, 1.54) is 0 Å². The number of hydrogen-bond donors (Lipinski definition) is 1. The van der Waals surface area contributed by atoms with Crippen LogP contribution in [0.4, 0.5) is 0 Å². The number of nitrogens with zero attached hydrogens (tertiary/aromatic N) is 2. The summed E-state index contributed by atoms with van der Waals surface area (Å²) >= 11 is 0. The SMILES string of the molecule is CCN(CC#N)CC(O)COc1c(C)cccc1C. The molecule has 0 bridgehead atoms. The molecule has 1 aromatic rings. The summed E-state index contributed by atoms with van der Waals surface area (Å²) in [4.78, 5) is 1.89. The molecule has 0 saturated carbocycles. The highest BCUT2D eigenvalue weighted by Gasteiger charge is 2.12. The Morgan fingerprint density at radius 1 is 1.37 bits per heavy atom. The maximum atomic E-state index is 9.94. The zero-order chi connectivity index (χ0) is 14.3. The van der Waals surface area contributed by atoms with Gasteiger partial charge in [0.15, 0.2) is 0 Å². The fourth-order valence-corrected chi connectivity index (χ4v) is 1.96. The first-order valence-electron chi connectivity index (χ1n) is 6.54.